The molecular formula is C21H35N5O2S. The van der Waals surface area contributed by atoms with Crippen molar-refractivity contribution in [3.63, 3.8) is 0 Å². The van der Waals surface area contributed by atoms with Gasteiger partial charge in [-0.3, -0.25) is 0 Å². The molecule has 0 atom stereocenters. The van der Waals surface area contributed by atoms with Gasteiger partial charge in [0.1, 0.15) is 5.82 Å². The van der Waals surface area contributed by atoms with Crippen molar-refractivity contribution in [2.75, 3.05) is 48.3 Å². The standard InChI is InChI=1S/C21H35N5O2S/c1-4-29(27,28)26-14-9-19-18(15-26)20(24-10-5-16(2)6-11-24)23-21(22-19)25-12-7-17(3)8-13-25/h16-17H,4-15H2,1-3H3. The highest BCUT2D eigenvalue weighted by Gasteiger charge is 2.32. The minimum atomic E-state index is -3.21. The summed E-state index contributed by atoms with van der Waals surface area (Å²) in [5.74, 6) is 3.47. The Kier molecular flexibility index (Phi) is 6.02. The van der Waals surface area contributed by atoms with Crippen molar-refractivity contribution in [1.29, 1.82) is 0 Å². The van der Waals surface area contributed by atoms with Gasteiger partial charge in [-0.25, -0.2) is 13.4 Å². The summed E-state index contributed by atoms with van der Waals surface area (Å²) in [5.41, 5.74) is 2.07. The van der Waals surface area contributed by atoms with E-state index < -0.39 is 10.0 Å². The van der Waals surface area contributed by atoms with Gasteiger partial charge in [0, 0.05) is 51.3 Å². The fraction of sp³-hybridized carbons (Fsp3) is 0.810. The largest absolute Gasteiger partial charge is 0.356 e. The summed E-state index contributed by atoms with van der Waals surface area (Å²) < 4.78 is 26.6. The lowest BCUT2D eigenvalue weighted by Crippen LogP contribution is -2.41. The second kappa shape index (κ2) is 8.38. The zero-order valence-corrected chi connectivity index (χ0v) is 18.9. The molecule has 0 bridgehead atoms. The number of fused-ring (bicyclic) bond motifs is 1. The van der Waals surface area contributed by atoms with E-state index in [2.05, 4.69) is 23.6 Å². The van der Waals surface area contributed by atoms with E-state index in [0.29, 0.717) is 19.5 Å². The molecule has 29 heavy (non-hydrogen) atoms. The van der Waals surface area contributed by atoms with E-state index in [1.165, 1.54) is 12.8 Å². The Hall–Kier alpha value is -1.41. The van der Waals surface area contributed by atoms with Crippen molar-refractivity contribution in [1.82, 2.24) is 14.3 Å². The molecule has 0 amide bonds. The Balaban J connectivity index is 1.69. The number of piperidine rings is 2. The molecule has 3 aliphatic rings. The second-order valence-corrected chi connectivity index (χ2v) is 11.4. The van der Waals surface area contributed by atoms with Gasteiger partial charge in [-0.15, -0.1) is 0 Å². The first-order valence-corrected chi connectivity index (χ1v) is 12.9. The van der Waals surface area contributed by atoms with Crippen molar-refractivity contribution in [3.05, 3.63) is 11.3 Å². The van der Waals surface area contributed by atoms with Crippen LogP contribution in [-0.4, -0.2) is 61.2 Å². The Labute approximate surface area is 175 Å². The summed E-state index contributed by atoms with van der Waals surface area (Å²) in [6, 6.07) is 0. The van der Waals surface area contributed by atoms with Crippen molar-refractivity contribution in [3.8, 4) is 0 Å². The molecule has 8 heteroatoms. The molecule has 0 unspecified atom stereocenters. The first-order valence-electron chi connectivity index (χ1n) is 11.2. The predicted molar refractivity (Wildman–Crippen MR) is 117 cm³/mol. The molecule has 4 heterocycles. The zero-order valence-electron chi connectivity index (χ0n) is 18.1. The van der Waals surface area contributed by atoms with E-state index in [-0.39, 0.29) is 5.75 Å². The molecular weight excluding hydrogens is 386 g/mol. The maximum absolute atomic E-state index is 12.5. The highest BCUT2D eigenvalue weighted by atomic mass is 32.2. The number of aromatic nitrogens is 2. The average Bonchev–Trinajstić information content (AvgIpc) is 2.73. The Bertz CT molecular complexity index is 828. The van der Waals surface area contributed by atoms with E-state index in [1.807, 2.05) is 0 Å². The maximum atomic E-state index is 12.5. The van der Waals surface area contributed by atoms with E-state index in [1.54, 1.807) is 11.2 Å². The lowest BCUT2D eigenvalue weighted by molar-refractivity contribution is 0.383. The molecule has 3 aliphatic heterocycles. The van der Waals surface area contributed by atoms with Crippen LogP contribution in [0.15, 0.2) is 0 Å². The topological polar surface area (TPSA) is 69.6 Å². The first-order chi connectivity index (χ1) is 13.9. The van der Waals surface area contributed by atoms with Crippen LogP contribution >= 0.6 is 0 Å². The summed E-state index contributed by atoms with van der Waals surface area (Å²) in [5, 5.41) is 0. The lowest BCUT2D eigenvalue weighted by Gasteiger charge is -2.37. The van der Waals surface area contributed by atoms with Crippen LogP contribution in [-0.2, 0) is 23.0 Å². The number of sulfonamides is 1. The van der Waals surface area contributed by atoms with Gasteiger partial charge in [0.2, 0.25) is 16.0 Å². The first kappa shape index (κ1) is 20.8. The molecule has 162 valence electrons. The third kappa shape index (κ3) is 4.38. The third-order valence-corrected chi connectivity index (χ3v) is 8.73. The van der Waals surface area contributed by atoms with Gasteiger partial charge in [-0.05, 0) is 44.4 Å². The fourth-order valence-electron chi connectivity index (χ4n) is 4.61. The van der Waals surface area contributed by atoms with Gasteiger partial charge in [-0.2, -0.15) is 9.29 Å². The summed E-state index contributed by atoms with van der Waals surface area (Å²) in [7, 11) is -3.21. The fourth-order valence-corrected chi connectivity index (χ4v) is 5.67. The molecule has 4 rings (SSSR count). The number of nitrogens with zero attached hydrogens (tertiary/aromatic N) is 5. The molecule has 7 nitrogen and oxygen atoms in total. The minimum Gasteiger partial charge on any atom is -0.356 e. The van der Waals surface area contributed by atoms with Gasteiger partial charge < -0.3 is 9.80 Å². The Morgan fingerprint density at radius 1 is 0.897 bits per heavy atom. The molecule has 2 fully saturated rings. The van der Waals surface area contributed by atoms with Crippen LogP contribution in [0.1, 0.15) is 57.7 Å². The third-order valence-electron chi connectivity index (χ3n) is 6.90. The second-order valence-electron chi connectivity index (χ2n) is 9.10. The number of hydrogen-bond donors (Lipinski definition) is 0. The molecule has 0 spiro atoms. The monoisotopic (exact) mass is 421 g/mol. The number of rotatable bonds is 4. The van der Waals surface area contributed by atoms with E-state index in [0.717, 1.165) is 73.9 Å². The van der Waals surface area contributed by atoms with Crippen molar-refractivity contribution in [2.45, 2.75) is 59.4 Å². The molecule has 2 saturated heterocycles. The van der Waals surface area contributed by atoms with Crippen LogP contribution in [0.25, 0.3) is 0 Å². The van der Waals surface area contributed by atoms with Crippen molar-refractivity contribution < 1.29 is 8.42 Å². The molecule has 0 N–H and O–H groups in total. The Morgan fingerprint density at radius 2 is 1.48 bits per heavy atom. The van der Waals surface area contributed by atoms with Crippen LogP contribution in [0.3, 0.4) is 0 Å². The summed E-state index contributed by atoms with van der Waals surface area (Å²) in [6.07, 6.45) is 5.35. The van der Waals surface area contributed by atoms with Crippen LogP contribution in [0.4, 0.5) is 11.8 Å². The smallest absolute Gasteiger partial charge is 0.227 e. The predicted octanol–water partition coefficient (Wildman–Crippen LogP) is 2.66. The zero-order chi connectivity index (χ0) is 20.6. The summed E-state index contributed by atoms with van der Waals surface area (Å²) in [6.45, 7) is 11.3. The van der Waals surface area contributed by atoms with Crippen LogP contribution in [0.2, 0.25) is 0 Å². The van der Waals surface area contributed by atoms with Gasteiger partial charge in [0.05, 0.1) is 11.4 Å². The van der Waals surface area contributed by atoms with Gasteiger partial charge in [0.15, 0.2) is 0 Å². The normalized spacial score (nSPS) is 22.7. The number of anilines is 2. The van der Waals surface area contributed by atoms with Gasteiger partial charge in [0.25, 0.3) is 0 Å². The van der Waals surface area contributed by atoms with E-state index in [9.17, 15) is 8.42 Å². The highest BCUT2D eigenvalue weighted by molar-refractivity contribution is 7.89. The van der Waals surface area contributed by atoms with Crippen LogP contribution < -0.4 is 9.80 Å². The van der Waals surface area contributed by atoms with Crippen LogP contribution in [0.5, 0.6) is 0 Å². The van der Waals surface area contributed by atoms with E-state index in [4.69, 9.17) is 9.97 Å². The average molecular weight is 422 g/mol. The number of hydrogen-bond acceptors (Lipinski definition) is 6. The van der Waals surface area contributed by atoms with Crippen molar-refractivity contribution >= 4 is 21.8 Å². The van der Waals surface area contributed by atoms with Crippen molar-refractivity contribution in [2.24, 2.45) is 11.8 Å². The molecule has 0 radical (unpaired) electrons. The lowest BCUT2D eigenvalue weighted by atomic mass is 9.98. The Morgan fingerprint density at radius 3 is 2.07 bits per heavy atom. The molecule has 0 aliphatic carbocycles. The summed E-state index contributed by atoms with van der Waals surface area (Å²) in [4.78, 5) is 14.7. The molecule has 1 aromatic heterocycles. The SMILES string of the molecule is CCS(=O)(=O)N1CCc2nc(N3CCC(C)CC3)nc(N3CCC(C)CC3)c2C1. The van der Waals surface area contributed by atoms with E-state index >= 15 is 0 Å². The van der Waals surface area contributed by atoms with Gasteiger partial charge in [-0.1, -0.05) is 13.8 Å². The quantitative estimate of drug-likeness (QED) is 0.744. The molecule has 0 aromatic carbocycles. The molecule has 0 saturated carbocycles. The van der Waals surface area contributed by atoms with Crippen LogP contribution in [0, 0.1) is 11.8 Å². The van der Waals surface area contributed by atoms with Gasteiger partial charge >= 0.3 is 0 Å². The minimum absolute atomic E-state index is 0.143. The highest BCUT2D eigenvalue weighted by Crippen LogP contribution is 2.33. The maximum Gasteiger partial charge on any atom is 0.227 e. The molecule has 1 aromatic rings. The summed E-state index contributed by atoms with van der Waals surface area (Å²) >= 11 is 0.